The molecule has 2 aromatic carbocycles. The van der Waals surface area contributed by atoms with Gasteiger partial charge in [-0.25, -0.2) is 4.99 Å². The Balaban J connectivity index is 1.80. The van der Waals surface area contributed by atoms with E-state index in [1.165, 1.54) is 0 Å². The molecular weight excluding hydrogens is 318 g/mol. The zero-order chi connectivity index (χ0) is 17.2. The normalized spacial score (nSPS) is 16.4. The van der Waals surface area contributed by atoms with E-state index in [9.17, 15) is 4.79 Å². The van der Waals surface area contributed by atoms with Crippen LogP contribution < -0.4 is 10.6 Å². The van der Waals surface area contributed by atoms with Crippen LogP contribution >= 0.6 is 0 Å². The SMILES string of the molecule is Cc1nnc(N[C@@H]2N=C(c3ccccc3)c3ccccc3NC2=O)o1. The summed E-state index contributed by atoms with van der Waals surface area (Å²) < 4.78 is 5.31. The highest BCUT2D eigenvalue weighted by Gasteiger charge is 2.26. The number of anilines is 2. The van der Waals surface area contributed by atoms with E-state index in [0.29, 0.717) is 17.3 Å². The molecule has 0 saturated heterocycles. The number of carbonyl (C=O) groups excluding carboxylic acids is 1. The Labute approximate surface area is 143 Å². The molecule has 0 bridgehead atoms. The summed E-state index contributed by atoms with van der Waals surface area (Å²) in [5, 5.41) is 13.4. The van der Waals surface area contributed by atoms with Gasteiger partial charge in [0.2, 0.25) is 12.1 Å². The highest BCUT2D eigenvalue weighted by atomic mass is 16.4. The quantitative estimate of drug-likeness (QED) is 0.768. The van der Waals surface area contributed by atoms with Gasteiger partial charge in [0.1, 0.15) is 0 Å². The van der Waals surface area contributed by atoms with Gasteiger partial charge in [-0.2, -0.15) is 0 Å². The molecule has 124 valence electrons. The minimum atomic E-state index is -0.887. The number of aliphatic imine (C=N–C) groups is 1. The Morgan fingerprint density at radius 3 is 2.56 bits per heavy atom. The summed E-state index contributed by atoms with van der Waals surface area (Å²) in [6, 6.07) is 17.4. The number of benzene rings is 2. The molecular formula is C18H15N5O2. The predicted octanol–water partition coefficient (Wildman–Crippen LogP) is 2.61. The average molecular weight is 333 g/mol. The molecule has 2 N–H and O–H groups in total. The molecule has 0 saturated carbocycles. The lowest BCUT2D eigenvalue weighted by molar-refractivity contribution is -0.116. The molecule has 1 aliphatic rings. The second-order valence-electron chi connectivity index (χ2n) is 5.55. The number of benzodiazepines with no additional fused rings is 1. The number of carbonyl (C=O) groups is 1. The smallest absolute Gasteiger partial charge is 0.317 e. The van der Waals surface area contributed by atoms with Gasteiger partial charge >= 0.3 is 6.01 Å². The average Bonchev–Trinajstić information content (AvgIpc) is 2.98. The summed E-state index contributed by atoms with van der Waals surface area (Å²) in [5.41, 5.74) is 3.19. The number of hydrogen-bond acceptors (Lipinski definition) is 6. The van der Waals surface area contributed by atoms with Gasteiger partial charge in [0.25, 0.3) is 5.91 Å². The topological polar surface area (TPSA) is 92.4 Å². The Morgan fingerprint density at radius 1 is 1.04 bits per heavy atom. The van der Waals surface area contributed by atoms with E-state index in [2.05, 4.69) is 25.8 Å². The van der Waals surface area contributed by atoms with Crippen molar-refractivity contribution in [2.24, 2.45) is 4.99 Å². The van der Waals surface area contributed by atoms with Crippen LogP contribution in [0.3, 0.4) is 0 Å². The van der Waals surface area contributed by atoms with Gasteiger partial charge in [0.05, 0.1) is 11.4 Å². The van der Waals surface area contributed by atoms with E-state index in [-0.39, 0.29) is 11.9 Å². The lowest BCUT2D eigenvalue weighted by atomic mass is 10.0. The fourth-order valence-corrected chi connectivity index (χ4v) is 2.65. The molecule has 7 heteroatoms. The van der Waals surface area contributed by atoms with Gasteiger partial charge in [-0.15, -0.1) is 5.10 Å². The van der Waals surface area contributed by atoms with E-state index >= 15 is 0 Å². The van der Waals surface area contributed by atoms with Crippen molar-refractivity contribution < 1.29 is 9.21 Å². The van der Waals surface area contributed by atoms with E-state index in [0.717, 1.165) is 11.1 Å². The number of para-hydroxylation sites is 1. The molecule has 7 nitrogen and oxygen atoms in total. The lowest BCUT2D eigenvalue weighted by Crippen LogP contribution is -2.32. The third kappa shape index (κ3) is 2.99. The maximum Gasteiger partial charge on any atom is 0.317 e. The maximum absolute atomic E-state index is 12.6. The number of aryl methyl sites for hydroxylation is 1. The zero-order valence-corrected chi connectivity index (χ0v) is 13.4. The van der Waals surface area contributed by atoms with Crippen LogP contribution in [-0.2, 0) is 4.79 Å². The number of hydrogen-bond donors (Lipinski definition) is 2. The van der Waals surface area contributed by atoms with E-state index in [1.54, 1.807) is 6.92 Å². The van der Waals surface area contributed by atoms with Crippen molar-refractivity contribution in [3.05, 3.63) is 71.6 Å². The van der Waals surface area contributed by atoms with Gasteiger partial charge in [-0.1, -0.05) is 53.6 Å². The van der Waals surface area contributed by atoms with Crippen LogP contribution in [0.25, 0.3) is 0 Å². The molecule has 1 aliphatic heterocycles. The minimum Gasteiger partial charge on any atom is -0.408 e. The third-order valence-electron chi connectivity index (χ3n) is 3.78. The van der Waals surface area contributed by atoms with Gasteiger partial charge in [-0.05, 0) is 6.07 Å². The number of rotatable bonds is 3. The monoisotopic (exact) mass is 333 g/mol. The summed E-state index contributed by atoms with van der Waals surface area (Å²) in [7, 11) is 0. The predicted molar refractivity (Wildman–Crippen MR) is 93.6 cm³/mol. The molecule has 0 aliphatic carbocycles. The van der Waals surface area contributed by atoms with E-state index < -0.39 is 6.17 Å². The van der Waals surface area contributed by atoms with E-state index in [4.69, 9.17) is 4.42 Å². The van der Waals surface area contributed by atoms with Crippen LogP contribution in [0.1, 0.15) is 17.0 Å². The number of aromatic nitrogens is 2. The van der Waals surface area contributed by atoms with Crippen LogP contribution in [-0.4, -0.2) is 28.0 Å². The Morgan fingerprint density at radius 2 is 1.80 bits per heavy atom. The molecule has 0 fully saturated rings. The number of nitrogens with one attached hydrogen (secondary N) is 2. The third-order valence-corrected chi connectivity index (χ3v) is 3.78. The molecule has 3 aromatic rings. The molecule has 1 atom stereocenters. The summed E-state index contributed by atoms with van der Waals surface area (Å²) >= 11 is 0. The van der Waals surface area contributed by atoms with Gasteiger partial charge < -0.3 is 15.1 Å². The first-order valence-electron chi connectivity index (χ1n) is 7.81. The second-order valence-corrected chi connectivity index (χ2v) is 5.55. The number of fused-ring (bicyclic) bond motifs is 1. The van der Waals surface area contributed by atoms with Crippen molar-refractivity contribution in [1.29, 1.82) is 0 Å². The molecule has 1 amide bonds. The summed E-state index contributed by atoms with van der Waals surface area (Å²) in [5.74, 6) is 0.112. The van der Waals surface area contributed by atoms with Gasteiger partial charge in [0, 0.05) is 18.1 Å². The highest BCUT2D eigenvalue weighted by molar-refractivity contribution is 6.19. The van der Waals surface area contributed by atoms with Crippen LogP contribution in [0.15, 0.2) is 64.0 Å². The molecule has 4 rings (SSSR count). The van der Waals surface area contributed by atoms with Gasteiger partial charge in [-0.3, -0.25) is 4.79 Å². The van der Waals surface area contributed by atoms with Crippen molar-refractivity contribution in [2.45, 2.75) is 13.1 Å². The standard InChI is InChI=1S/C18H15N5O2/c1-11-22-23-18(25-11)21-16-17(24)19-14-10-6-5-9-13(14)15(20-16)12-7-3-2-4-8-12/h2-10,16H,1H3,(H,19,24)(H,21,23)/t16-/m0/s1. The summed E-state index contributed by atoms with van der Waals surface area (Å²) in [6.45, 7) is 1.68. The molecule has 0 radical (unpaired) electrons. The largest absolute Gasteiger partial charge is 0.408 e. The maximum atomic E-state index is 12.6. The fourth-order valence-electron chi connectivity index (χ4n) is 2.65. The molecule has 1 aromatic heterocycles. The Bertz CT molecular complexity index is 949. The Kier molecular flexibility index (Phi) is 3.74. The molecule has 0 spiro atoms. The molecule has 0 unspecified atom stereocenters. The summed E-state index contributed by atoms with van der Waals surface area (Å²) in [6.07, 6.45) is -0.887. The minimum absolute atomic E-state index is 0.153. The first kappa shape index (κ1) is 15.1. The van der Waals surface area contributed by atoms with Crippen LogP contribution in [0, 0.1) is 6.92 Å². The first-order valence-corrected chi connectivity index (χ1v) is 7.81. The van der Waals surface area contributed by atoms with Crippen molar-refractivity contribution >= 4 is 23.3 Å². The van der Waals surface area contributed by atoms with Crippen LogP contribution in [0.2, 0.25) is 0 Å². The summed E-state index contributed by atoms with van der Waals surface area (Å²) in [4.78, 5) is 17.2. The fraction of sp³-hybridized carbons (Fsp3) is 0.111. The van der Waals surface area contributed by atoms with Crippen molar-refractivity contribution in [3.8, 4) is 0 Å². The number of nitrogens with zero attached hydrogens (tertiary/aromatic N) is 3. The first-order chi connectivity index (χ1) is 12.2. The van der Waals surface area contributed by atoms with E-state index in [1.807, 2.05) is 54.6 Å². The number of amides is 1. The van der Waals surface area contributed by atoms with Crippen LogP contribution in [0.4, 0.5) is 11.7 Å². The second kappa shape index (κ2) is 6.20. The highest BCUT2D eigenvalue weighted by Crippen LogP contribution is 2.24. The van der Waals surface area contributed by atoms with Crippen molar-refractivity contribution in [3.63, 3.8) is 0 Å². The molecule has 25 heavy (non-hydrogen) atoms. The Hall–Kier alpha value is -3.48. The molecule has 2 heterocycles. The lowest BCUT2D eigenvalue weighted by Gasteiger charge is -2.11. The van der Waals surface area contributed by atoms with Crippen molar-refractivity contribution in [1.82, 2.24) is 10.2 Å². The zero-order valence-electron chi connectivity index (χ0n) is 13.4. The van der Waals surface area contributed by atoms with Crippen molar-refractivity contribution in [2.75, 3.05) is 10.6 Å². The van der Waals surface area contributed by atoms with Crippen LogP contribution in [0.5, 0.6) is 0 Å². The van der Waals surface area contributed by atoms with Gasteiger partial charge in [0.15, 0.2) is 0 Å².